The molecule has 10 nitrogen and oxygen atoms in total. The van der Waals surface area contributed by atoms with Crippen molar-refractivity contribution in [2.75, 3.05) is 25.3 Å². The van der Waals surface area contributed by atoms with Crippen LogP contribution >= 0.6 is 0 Å². The number of sulfonamides is 1. The molecule has 1 amide bonds. The van der Waals surface area contributed by atoms with E-state index in [4.69, 9.17) is 14.6 Å². The van der Waals surface area contributed by atoms with Gasteiger partial charge in [0.1, 0.15) is 5.82 Å². The number of nitrogens with zero attached hydrogens (tertiary/aromatic N) is 1. The summed E-state index contributed by atoms with van der Waals surface area (Å²) >= 11 is 0. The molecule has 0 spiro atoms. The van der Waals surface area contributed by atoms with Gasteiger partial charge in [0.25, 0.3) is 0 Å². The van der Waals surface area contributed by atoms with Crippen LogP contribution in [-0.4, -0.2) is 55.6 Å². The van der Waals surface area contributed by atoms with Crippen molar-refractivity contribution in [2.45, 2.75) is 29.3 Å². The van der Waals surface area contributed by atoms with Crippen LogP contribution in [0.15, 0.2) is 65.6 Å². The summed E-state index contributed by atoms with van der Waals surface area (Å²) in [5.74, 6) is 1.54. The lowest BCUT2D eigenvalue weighted by Gasteiger charge is -2.16. The largest absolute Gasteiger partial charge is 0.454 e. The lowest BCUT2D eigenvalue weighted by molar-refractivity contribution is -0.118. The van der Waals surface area contributed by atoms with Crippen molar-refractivity contribution < 1.29 is 38.6 Å². The Bertz CT molecular complexity index is 1410. The van der Waals surface area contributed by atoms with E-state index in [0.717, 1.165) is 18.4 Å². The first-order valence-electron chi connectivity index (χ1n) is 11.4. The third-order valence-electron chi connectivity index (χ3n) is 6.28. The van der Waals surface area contributed by atoms with Gasteiger partial charge in [-0.05, 0) is 54.8 Å². The minimum absolute atomic E-state index is 0. The molecule has 0 saturated heterocycles. The van der Waals surface area contributed by atoms with Gasteiger partial charge in [0.05, 0.1) is 28.7 Å². The molecule has 1 unspecified atom stereocenters. The molecule has 1 saturated carbocycles. The number of rotatable bonds is 9. The standard InChI is InChI=1S/C25H25N3O7S.4H2/c29-14-18(30)13-26-36(32,33)19-7-4-16(5-8-19)20-2-1-3-23(27-20)28-24(31)25(10-11-25)17-6-9-21-22(12-17)35-15-34-21;;;;/h1-9,12,18,26,29-30H,10-11,13-15H2,(H,27,28,31);4*1H. The molecule has 1 aliphatic carbocycles. The molecule has 36 heavy (non-hydrogen) atoms. The van der Waals surface area contributed by atoms with Gasteiger partial charge in [-0.2, -0.15) is 0 Å². The quantitative estimate of drug-likeness (QED) is 0.337. The summed E-state index contributed by atoms with van der Waals surface area (Å²) in [6, 6.07) is 16.9. The van der Waals surface area contributed by atoms with Crippen LogP contribution in [0.4, 0.5) is 5.82 Å². The minimum atomic E-state index is -3.84. The molecule has 1 atom stereocenters. The number of hydrogen-bond acceptors (Lipinski definition) is 8. The molecular formula is C25H33N3O7S. The highest BCUT2D eigenvalue weighted by Gasteiger charge is 2.51. The van der Waals surface area contributed by atoms with Crippen LogP contribution in [0, 0.1) is 0 Å². The number of pyridine rings is 1. The molecule has 0 radical (unpaired) electrons. The highest BCUT2D eigenvalue weighted by molar-refractivity contribution is 7.89. The Labute approximate surface area is 213 Å². The normalized spacial score (nSPS) is 16.4. The fourth-order valence-electron chi connectivity index (χ4n) is 4.03. The van der Waals surface area contributed by atoms with Crippen LogP contribution in [-0.2, 0) is 20.2 Å². The number of nitrogens with one attached hydrogen (secondary N) is 2. The van der Waals surface area contributed by atoms with Gasteiger partial charge in [0.15, 0.2) is 11.5 Å². The fourth-order valence-corrected chi connectivity index (χ4v) is 5.10. The Kier molecular flexibility index (Phi) is 6.39. The van der Waals surface area contributed by atoms with Crippen LogP contribution in [0.1, 0.15) is 24.1 Å². The van der Waals surface area contributed by atoms with E-state index in [1.807, 2.05) is 18.2 Å². The van der Waals surface area contributed by atoms with Gasteiger partial charge in [-0.1, -0.05) is 24.3 Å². The van der Waals surface area contributed by atoms with Crippen molar-refractivity contribution in [2.24, 2.45) is 0 Å². The highest BCUT2D eigenvalue weighted by atomic mass is 32.2. The summed E-state index contributed by atoms with van der Waals surface area (Å²) in [6.45, 7) is -0.666. The Morgan fingerprint density at radius 2 is 1.83 bits per heavy atom. The van der Waals surface area contributed by atoms with E-state index < -0.39 is 28.1 Å². The molecule has 196 valence electrons. The number of amides is 1. The third kappa shape index (κ3) is 4.78. The molecule has 1 aromatic heterocycles. The van der Waals surface area contributed by atoms with Crippen molar-refractivity contribution in [1.82, 2.24) is 9.71 Å². The maximum atomic E-state index is 13.2. The summed E-state index contributed by atoms with van der Waals surface area (Å²) in [7, 11) is -3.84. The first-order valence-corrected chi connectivity index (χ1v) is 12.9. The number of aliphatic hydroxyl groups excluding tert-OH is 2. The molecule has 2 aromatic carbocycles. The van der Waals surface area contributed by atoms with E-state index >= 15 is 0 Å². The fraction of sp³-hybridized carbons (Fsp3) is 0.280. The number of carbonyl (C=O) groups is 1. The number of aliphatic hydroxyl groups is 2. The summed E-state index contributed by atoms with van der Waals surface area (Å²) < 4.78 is 37.8. The number of hydrogen-bond donors (Lipinski definition) is 4. The molecule has 2 aliphatic rings. The van der Waals surface area contributed by atoms with Crippen LogP contribution in [0.2, 0.25) is 0 Å². The molecule has 1 aliphatic heterocycles. The lowest BCUT2D eigenvalue weighted by Crippen LogP contribution is -2.33. The zero-order valence-electron chi connectivity index (χ0n) is 19.2. The van der Waals surface area contributed by atoms with Gasteiger partial charge in [-0.25, -0.2) is 18.1 Å². The Balaban J connectivity index is 0.00000200. The van der Waals surface area contributed by atoms with E-state index in [2.05, 4.69) is 15.0 Å². The van der Waals surface area contributed by atoms with Crippen molar-refractivity contribution >= 4 is 21.7 Å². The molecule has 11 heteroatoms. The molecule has 2 heterocycles. The Morgan fingerprint density at radius 1 is 1.08 bits per heavy atom. The minimum Gasteiger partial charge on any atom is -0.454 e. The van der Waals surface area contributed by atoms with E-state index in [9.17, 15) is 18.3 Å². The van der Waals surface area contributed by atoms with Crippen molar-refractivity contribution in [3.05, 3.63) is 66.2 Å². The van der Waals surface area contributed by atoms with Crippen LogP contribution in [0.5, 0.6) is 11.5 Å². The summed E-state index contributed by atoms with van der Waals surface area (Å²) in [5.41, 5.74) is 1.47. The van der Waals surface area contributed by atoms with E-state index in [0.29, 0.717) is 28.6 Å². The zero-order chi connectivity index (χ0) is 25.3. The number of ether oxygens (including phenoxy) is 2. The van der Waals surface area contributed by atoms with Crippen LogP contribution in [0.25, 0.3) is 11.3 Å². The Morgan fingerprint density at radius 3 is 2.56 bits per heavy atom. The maximum Gasteiger partial charge on any atom is 0.240 e. The van der Waals surface area contributed by atoms with E-state index in [-0.39, 0.29) is 29.8 Å². The van der Waals surface area contributed by atoms with E-state index in [1.54, 1.807) is 30.3 Å². The highest BCUT2D eigenvalue weighted by Crippen LogP contribution is 2.51. The molecule has 3 aromatic rings. The number of fused-ring (bicyclic) bond motifs is 1. The van der Waals surface area contributed by atoms with Crippen molar-refractivity contribution in [1.29, 1.82) is 0 Å². The summed E-state index contributed by atoms with van der Waals surface area (Å²) in [6.07, 6.45) is 0.260. The zero-order valence-corrected chi connectivity index (χ0v) is 20.0. The van der Waals surface area contributed by atoms with Gasteiger partial charge < -0.3 is 25.0 Å². The van der Waals surface area contributed by atoms with Gasteiger partial charge >= 0.3 is 0 Å². The number of anilines is 1. The lowest BCUT2D eigenvalue weighted by atomic mass is 9.94. The number of benzene rings is 2. The second kappa shape index (κ2) is 9.51. The molecule has 5 rings (SSSR count). The monoisotopic (exact) mass is 519 g/mol. The predicted octanol–water partition coefficient (Wildman–Crippen LogP) is 2.76. The molecule has 1 fully saturated rings. The average Bonchev–Trinajstić information content (AvgIpc) is 3.58. The SMILES string of the molecule is O=C(Nc1cccc(-c2ccc(S(=O)(=O)NCC(O)CO)cc2)n1)C1(c2ccc3c(c2)OCO3)CC1.[HH].[HH].[HH].[HH]. The van der Waals surface area contributed by atoms with Gasteiger partial charge in [0, 0.05) is 17.8 Å². The summed E-state index contributed by atoms with van der Waals surface area (Å²) in [4.78, 5) is 17.8. The average molecular weight is 520 g/mol. The van der Waals surface area contributed by atoms with E-state index in [1.165, 1.54) is 12.1 Å². The summed E-state index contributed by atoms with van der Waals surface area (Å²) in [5, 5.41) is 21.2. The smallest absolute Gasteiger partial charge is 0.240 e. The topological polar surface area (TPSA) is 147 Å². The first-order chi connectivity index (χ1) is 17.3. The molecule has 0 bridgehead atoms. The maximum absolute atomic E-state index is 13.2. The van der Waals surface area contributed by atoms with Crippen LogP contribution < -0.4 is 19.5 Å². The van der Waals surface area contributed by atoms with Crippen LogP contribution in [0.3, 0.4) is 0 Å². The number of carbonyl (C=O) groups excluding carboxylic acids is 1. The van der Waals surface area contributed by atoms with Gasteiger partial charge in [-0.3, -0.25) is 4.79 Å². The second-order valence-corrected chi connectivity index (χ2v) is 10.5. The molecular weight excluding hydrogens is 486 g/mol. The van der Waals surface area contributed by atoms with Gasteiger partial charge in [0.2, 0.25) is 22.7 Å². The number of aromatic nitrogens is 1. The third-order valence-corrected chi connectivity index (χ3v) is 7.72. The predicted molar refractivity (Wildman–Crippen MR) is 139 cm³/mol. The van der Waals surface area contributed by atoms with Gasteiger partial charge in [-0.15, -0.1) is 0 Å². The Hall–Kier alpha value is -3.51. The second-order valence-electron chi connectivity index (χ2n) is 8.73. The van der Waals surface area contributed by atoms with Crippen molar-refractivity contribution in [3.8, 4) is 22.8 Å². The first kappa shape index (κ1) is 24.2. The van der Waals surface area contributed by atoms with Crippen molar-refractivity contribution in [3.63, 3.8) is 0 Å². The molecule has 4 N–H and O–H groups in total.